The lowest BCUT2D eigenvalue weighted by molar-refractivity contribution is 0.193. The fourth-order valence-corrected chi connectivity index (χ4v) is 1.51. The van der Waals surface area contributed by atoms with Gasteiger partial charge >= 0.3 is 12.1 Å². The zero-order chi connectivity index (χ0) is 8.01. The Hall–Kier alpha value is -1.26. The van der Waals surface area contributed by atoms with Gasteiger partial charge in [0.05, 0.1) is 6.04 Å². The minimum atomic E-state index is -0.260. The van der Waals surface area contributed by atoms with Crippen LogP contribution in [0.1, 0.15) is 0 Å². The van der Waals surface area contributed by atoms with E-state index in [1.807, 2.05) is 0 Å². The SMILES string of the molecule is CN1C[C@@H]2CNC(=O)N2C1=O. The molecular formula is C6H9N3O2. The Bertz CT molecular complexity index is 228. The molecule has 4 amide bonds. The first-order valence-electron chi connectivity index (χ1n) is 3.52. The standard InChI is InChI=1S/C6H9N3O2/c1-8-3-4-2-7-5(10)9(4)6(8)11/h4H,2-3H2,1H3,(H,7,10)/t4-/m0/s1. The number of carbonyl (C=O) groups excluding carboxylic acids is 2. The van der Waals surface area contributed by atoms with Gasteiger partial charge in [-0.3, -0.25) is 0 Å². The number of carbonyl (C=O) groups is 2. The fourth-order valence-electron chi connectivity index (χ4n) is 1.51. The van der Waals surface area contributed by atoms with Crippen LogP contribution in [0.3, 0.4) is 0 Å². The Kier molecular flexibility index (Phi) is 1.10. The first kappa shape index (κ1) is 6.45. The maximum Gasteiger partial charge on any atom is 0.328 e. The van der Waals surface area contributed by atoms with Crippen LogP contribution in [-0.4, -0.2) is 48.0 Å². The maximum atomic E-state index is 11.2. The molecule has 2 rings (SSSR count). The molecule has 2 fully saturated rings. The number of hydrogen-bond donors (Lipinski definition) is 1. The van der Waals surface area contributed by atoms with Gasteiger partial charge in [0.2, 0.25) is 0 Å². The van der Waals surface area contributed by atoms with Crippen LogP contribution in [0, 0.1) is 0 Å². The molecule has 2 saturated heterocycles. The summed E-state index contributed by atoms with van der Waals surface area (Å²) in [5.41, 5.74) is 0. The third-order valence-corrected chi connectivity index (χ3v) is 2.09. The van der Waals surface area contributed by atoms with Crippen LogP contribution in [0.5, 0.6) is 0 Å². The molecule has 1 atom stereocenters. The summed E-state index contributed by atoms with van der Waals surface area (Å²) in [5.74, 6) is 0. The summed E-state index contributed by atoms with van der Waals surface area (Å²) < 4.78 is 0. The third-order valence-electron chi connectivity index (χ3n) is 2.09. The molecule has 5 heteroatoms. The van der Waals surface area contributed by atoms with Crippen LogP contribution in [0.15, 0.2) is 0 Å². The summed E-state index contributed by atoms with van der Waals surface area (Å²) in [6.45, 7) is 1.24. The number of likely N-dealkylation sites (N-methyl/N-ethyl adjacent to an activating group) is 1. The van der Waals surface area contributed by atoms with Gasteiger partial charge in [0.15, 0.2) is 0 Å². The van der Waals surface area contributed by atoms with Crippen molar-refractivity contribution in [1.82, 2.24) is 15.1 Å². The van der Waals surface area contributed by atoms with Gasteiger partial charge in [0, 0.05) is 20.1 Å². The number of hydrogen-bond acceptors (Lipinski definition) is 2. The van der Waals surface area contributed by atoms with E-state index in [-0.39, 0.29) is 18.1 Å². The monoisotopic (exact) mass is 155 g/mol. The van der Waals surface area contributed by atoms with Gasteiger partial charge in [-0.25, -0.2) is 14.5 Å². The molecule has 2 aliphatic heterocycles. The Labute approximate surface area is 63.9 Å². The van der Waals surface area contributed by atoms with E-state index in [2.05, 4.69) is 5.32 Å². The lowest BCUT2D eigenvalue weighted by Gasteiger charge is -2.09. The summed E-state index contributed by atoms with van der Waals surface area (Å²) >= 11 is 0. The number of urea groups is 2. The highest BCUT2D eigenvalue weighted by Gasteiger charge is 2.43. The second kappa shape index (κ2) is 1.87. The molecule has 0 bridgehead atoms. The van der Waals surface area contributed by atoms with Crippen molar-refractivity contribution in [2.24, 2.45) is 0 Å². The van der Waals surface area contributed by atoms with Crippen LogP contribution in [-0.2, 0) is 0 Å². The zero-order valence-electron chi connectivity index (χ0n) is 6.20. The second-order valence-corrected chi connectivity index (χ2v) is 2.87. The predicted molar refractivity (Wildman–Crippen MR) is 37.1 cm³/mol. The van der Waals surface area contributed by atoms with Crippen LogP contribution in [0.2, 0.25) is 0 Å². The van der Waals surface area contributed by atoms with Crippen LogP contribution < -0.4 is 5.32 Å². The van der Waals surface area contributed by atoms with E-state index in [0.717, 1.165) is 0 Å². The highest BCUT2D eigenvalue weighted by atomic mass is 16.2. The van der Waals surface area contributed by atoms with Gasteiger partial charge < -0.3 is 10.2 Å². The Morgan fingerprint density at radius 1 is 1.55 bits per heavy atom. The molecule has 0 unspecified atom stereocenters. The van der Waals surface area contributed by atoms with Crippen molar-refractivity contribution in [2.75, 3.05) is 20.1 Å². The molecule has 0 radical (unpaired) electrons. The van der Waals surface area contributed by atoms with Crippen molar-refractivity contribution in [3.8, 4) is 0 Å². The highest BCUT2D eigenvalue weighted by Crippen LogP contribution is 2.17. The fraction of sp³-hybridized carbons (Fsp3) is 0.667. The largest absolute Gasteiger partial charge is 0.335 e. The molecular weight excluding hydrogens is 146 g/mol. The molecule has 0 aromatic heterocycles. The molecule has 0 aliphatic carbocycles. The molecule has 5 nitrogen and oxygen atoms in total. The number of fused-ring (bicyclic) bond motifs is 1. The first-order valence-corrected chi connectivity index (χ1v) is 3.52. The van der Waals surface area contributed by atoms with E-state index in [4.69, 9.17) is 0 Å². The van der Waals surface area contributed by atoms with Crippen molar-refractivity contribution in [3.63, 3.8) is 0 Å². The number of amides is 4. The molecule has 60 valence electrons. The van der Waals surface area contributed by atoms with E-state index in [0.29, 0.717) is 13.1 Å². The predicted octanol–water partition coefficient (Wildman–Crippen LogP) is -0.554. The topological polar surface area (TPSA) is 52.7 Å². The van der Waals surface area contributed by atoms with Gasteiger partial charge in [-0.15, -0.1) is 0 Å². The number of nitrogens with zero attached hydrogens (tertiary/aromatic N) is 2. The van der Waals surface area contributed by atoms with E-state index >= 15 is 0 Å². The normalized spacial score (nSPS) is 29.4. The number of nitrogens with one attached hydrogen (secondary N) is 1. The third kappa shape index (κ3) is 0.704. The quantitative estimate of drug-likeness (QED) is 0.510. The van der Waals surface area contributed by atoms with Crippen molar-refractivity contribution < 1.29 is 9.59 Å². The number of rotatable bonds is 0. The molecule has 1 N–H and O–H groups in total. The first-order chi connectivity index (χ1) is 5.20. The zero-order valence-corrected chi connectivity index (χ0v) is 6.20. The smallest absolute Gasteiger partial charge is 0.328 e. The van der Waals surface area contributed by atoms with Gasteiger partial charge in [-0.05, 0) is 0 Å². The van der Waals surface area contributed by atoms with Gasteiger partial charge in [0.25, 0.3) is 0 Å². The van der Waals surface area contributed by atoms with Gasteiger partial charge in [0.1, 0.15) is 0 Å². The second-order valence-electron chi connectivity index (χ2n) is 2.87. The molecule has 2 heterocycles. The van der Waals surface area contributed by atoms with Crippen LogP contribution in [0.4, 0.5) is 9.59 Å². The Morgan fingerprint density at radius 2 is 2.27 bits per heavy atom. The highest BCUT2D eigenvalue weighted by molar-refractivity contribution is 5.97. The summed E-state index contributed by atoms with van der Waals surface area (Å²) in [4.78, 5) is 25.0. The van der Waals surface area contributed by atoms with E-state index in [9.17, 15) is 9.59 Å². The molecule has 0 saturated carbocycles. The van der Waals surface area contributed by atoms with E-state index < -0.39 is 0 Å². The number of imide groups is 1. The van der Waals surface area contributed by atoms with Crippen molar-refractivity contribution in [3.05, 3.63) is 0 Å². The van der Waals surface area contributed by atoms with Gasteiger partial charge in [-0.1, -0.05) is 0 Å². The van der Waals surface area contributed by atoms with E-state index in [1.54, 1.807) is 11.9 Å². The minimum absolute atomic E-state index is 0.0556. The summed E-state index contributed by atoms with van der Waals surface area (Å²) in [5, 5.41) is 2.61. The Balaban J connectivity index is 2.26. The molecule has 0 aromatic carbocycles. The van der Waals surface area contributed by atoms with Gasteiger partial charge in [-0.2, -0.15) is 0 Å². The lowest BCUT2D eigenvalue weighted by Crippen LogP contribution is -2.35. The van der Waals surface area contributed by atoms with Crippen LogP contribution in [0.25, 0.3) is 0 Å². The summed E-state index contributed by atoms with van der Waals surface area (Å²) in [6, 6.07) is -0.394. The Morgan fingerprint density at radius 3 is 2.91 bits per heavy atom. The van der Waals surface area contributed by atoms with Crippen LogP contribution >= 0.6 is 0 Å². The van der Waals surface area contributed by atoms with Crippen molar-refractivity contribution >= 4 is 12.1 Å². The average molecular weight is 155 g/mol. The van der Waals surface area contributed by atoms with Crippen molar-refractivity contribution in [2.45, 2.75) is 6.04 Å². The summed E-state index contributed by atoms with van der Waals surface area (Å²) in [7, 11) is 1.70. The molecule has 2 aliphatic rings. The molecule has 0 aromatic rings. The lowest BCUT2D eigenvalue weighted by atomic mass is 10.3. The van der Waals surface area contributed by atoms with Crippen molar-refractivity contribution in [1.29, 1.82) is 0 Å². The molecule has 0 spiro atoms. The average Bonchev–Trinajstić information content (AvgIpc) is 2.41. The van der Waals surface area contributed by atoms with E-state index in [1.165, 1.54) is 4.90 Å². The summed E-state index contributed by atoms with van der Waals surface area (Å²) in [6.07, 6.45) is 0. The maximum absolute atomic E-state index is 11.2. The molecule has 11 heavy (non-hydrogen) atoms. The minimum Gasteiger partial charge on any atom is -0.335 e.